The molecule has 0 rings (SSSR count). The minimum absolute atomic E-state index is 0.0607. The van der Waals surface area contributed by atoms with Crippen molar-refractivity contribution in [3.05, 3.63) is 0 Å². The van der Waals surface area contributed by atoms with Crippen molar-refractivity contribution in [1.29, 1.82) is 0 Å². The van der Waals surface area contributed by atoms with Crippen LogP contribution in [0, 0.1) is 5.92 Å². The molecule has 0 unspecified atom stereocenters. The van der Waals surface area contributed by atoms with Gasteiger partial charge in [-0.25, -0.2) is 0 Å². The third kappa shape index (κ3) is 25.8. The molecule has 0 aliphatic rings. The molecule has 0 saturated carbocycles. The van der Waals surface area contributed by atoms with Crippen LogP contribution >= 0.6 is 0 Å². The molecule has 0 radical (unpaired) electrons. The lowest BCUT2D eigenvalue weighted by Gasteiger charge is -2.15. The molecule has 0 spiro atoms. The summed E-state index contributed by atoms with van der Waals surface area (Å²) in [5, 5.41) is 9.39. The smallest absolute Gasteiger partial charge is 0.306 e. The van der Waals surface area contributed by atoms with Crippen LogP contribution in [0.4, 0.5) is 0 Å². The third-order valence-corrected chi connectivity index (χ3v) is 6.58. The predicted octanol–water partition coefficient (Wildman–Crippen LogP) is 8.30. The van der Waals surface area contributed by atoms with E-state index in [4.69, 9.17) is 9.47 Å². The molecule has 5 heteroatoms. The summed E-state index contributed by atoms with van der Waals surface area (Å²) in [6.45, 7) is 6.38. The van der Waals surface area contributed by atoms with Gasteiger partial charge in [0.1, 0.15) is 6.61 Å². The van der Waals surface area contributed by atoms with Gasteiger partial charge in [0.25, 0.3) is 0 Å². The van der Waals surface area contributed by atoms with Gasteiger partial charge in [0.15, 0.2) is 6.10 Å². The van der Waals surface area contributed by atoms with Crippen LogP contribution < -0.4 is 0 Å². The molecule has 0 aromatic carbocycles. The fraction of sp³-hybridized carbons (Fsp3) is 0.933. The van der Waals surface area contributed by atoms with Gasteiger partial charge in [-0.3, -0.25) is 9.59 Å². The van der Waals surface area contributed by atoms with Gasteiger partial charge >= 0.3 is 11.9 Å². The first kappa shape index (κ1) is 33.9. The molecule has 0 aromatic heterocycles. The number of aliphatic hydroxyl groups is 1. The van der Waals surface area contributed by atoms with Crippen LogP contribution in [0.2, 0.25) is 0 Å². The number of hydrogen-bond acceptors (Lipinski definition) is 5. The van der Waals surface area contributed by atoms with E-state index in [9.17, 15) is 14.7 Å². The molecular formula is C30H58O5. The highest BCUT2D eigenvalue weighted by atomic mass is 16.6. The molecule has 0 aliphatic carbocycles. The Morgan fingerprint density at radius 1 is 0.629 bits per heavy atom. The average molecular weight is 499 g/mol. The number of aliphatic hydroxyl groups excluding tert-OH is 1. The van der Waals surface area contributed by atoms with Gasteiger partial charge in [-0.1, -0.05) is 130 Å². The van der Waals surface area contributed by atoms with Crippen molar-refractivity contribution in [3.63, 3.8) is 0 Å². The average Bonchev–Trinajstić information content (AvgIpc) is 2.83. The van der Waals surface area contributed by atoms with E-state index in [1.165, 1.54) is 83.5 Å². The monoisotopic (exact) mass is 498 g/mol. The number of ether oxygens (including phenoxy) is 2. The molecule has 0 saturated heterocycles. The van der Waals surface area contributed by atoms with E-state index in [1.54, 1.807) is 0 Å². The van der Waals surface area contributed by atoms with Crippen LogP contribution in [0.3, 0.4) is 0 Å². The number of esters is 2. The second-order valence-electron chi connectivity index (χ2n) is 10.7. The lowest BCUT2D eigenvalue weighted by Crippen LogP contribution is -2.28. The molecule has 0 amide bonds. The first-order valence-electron chi connectivity index (χ1n) is 15.0. The molecule has 1 atom stereocenters. The van der Waals surface area contributed by atoms with E-state index in [0.29, 0.717) is 12.8 Å². The molecule has 5 nitrogen and oxygen atoms in total. The summed E-state index contributed by atoms with van der Waals surface area (Å²) in [6.07, 6.45) is 23.3. The van der Waals surface area contributed by atoms with Crippen LogP contribution in [-0.2, 0) is 19.1 Å². The van der Waals surface area contributed by atoms with E-state index in [-0.39, 0.29) is 25.2 Å². The molecule has 0 fully saturated rings. The van der Waals surface area contributed by atoms with Gasteiger partial charge in [0.05, 0.1) is 6.61 Å². The highest BCUT2D eigenvalue weighted by molar-refractivity contribution is 5.70. The van der Waals surface area contributed by atoms with Gasteiger partial charge < -0.3 is 14.6 Å². The van der Waals surface area contributed by atoms with Crippen LogP contribution in [0.25, 0.3) is 0 Å². The minimum atomic E-state index is -0.757. The summed E-state index contributed by atoms with van der Waals surface area (Å²) in [5.74, 6) is 0.248. The maximum atomic E-state index is 11.9. The van der Waals surface area contributed by atoms with Crippen molar-refractivity contribution < 1.29 is 24.2 Å². The number of unbranched alkanes of at least 4 members (excludes halogenated alkanes) is 16. The SMILES string of the molecule is CCCCCCCC(=O)O[C@@H](CO)COC(=O)CCCCCCCCCCCCCCCC(C)C. The van der Waals surface area contributed by atoms with Crippen LogP contribution in [0.1, 0.15) is 156 Å². The number of rotatable bonds is 26. The molecular weight excluding hydrogens is 440 g/mol. The van der Waals surface area contributed by atoms with E-state index in [0.717, 1.165) is 44.4 Å². The summed E-state index contributed by atoms with van der Waals surface area (Å²) in [6, 6.07) is 0. The predicted molar refractivity (Wildman–Crippen MR) is 145 cm³/mol. The third-order valence-electron chi connectivity index (χ3n) is 6.58. The van der Waals surface area contributed by atoms with Crippen LogP contribution in [0.15, 0.2) is 0 Å². The summed E-state index contributed by atoms with van der Waals surface area (Å²) in [7, 11) is 0. The van der Waals surface area contributed by atoms with Gasteiger partial charge in [-0.05, 0) is 18.8 Å². The maximum absolute atomic E-state index is 11.9. The van der Waals surface area contributed by atoms with Crippen molar-refractivity contribution in [2.45, 2.75) is 162 Å². The first-order chi connectivity index (χ1) is 17.0. The number of carbonyl (C=O) groups excluding carboxylic acids is 2. The molecule has 208 valence electrons. The van der Waals surface area contributed by atoms with Gasteiger partial charge in [-0.15, -0.1) is 0 Å². The van der Waals surface area contributed by atoms with E-state index >= 15 is 0 Å². The highest BCUT2D eigenvalue weighted by Gasteiger charge is 2.16. The van der Waals surface area contributed by atoms with Crippen molar-refractivity contribution in [2.75, 3.05) is 13.2 Å². The van der Waals surface area contributed by atoms with E-state index in [2.05, 4.69) is 20.8 Å². The fourth-order valence-electron chi connectivity index (χ4n) is 4.27. The molecule has 0 heterocycles. The number of carbonyl (C=O) groups is 2. The first-order valence-corrected chi connectivity index (χ1v) is 15.0. The zero-order valence-electron chi connectivity index (χ0n) is 23.5. The maximum Gasteiger partial charge on any atom is 0.306 e. The van der Waals surface area contributed by atoms with Crippen molar-refractivity contribution >= 4 is 11.9 Å². The second-order valence-corrected chi connectivity index (χ2v) is 10.7. The van der Waals surface area contributed by atoms with Crippen LogP contribution in [-0.4, -0.2) is 36.4 Å². The standard InChI is InChI=1S/C30H58O5/c1-4-5-6-16-21-24-30(33)35-28(25-31)26-34-29(32)23-20-18-15-13-11-9-7-8-10-12-14-17-19-22-27(2)3/h27-28,31H,4-26H2,1-3H3/t28-/m0/s1. The zero-order valence-corrected chi connectivity index (χ0v) is 23.5. The lowest BCUT2D eigenvalue weighted by molar-refractivity contribution is -0.161. The number of hydrogen-bond donors (Lipinski definition) is 1. The van der Waals surface area contributed by atoms with Crippen molar-refractivity contribution in [1.82, 2.24) is 0 Å². The minimum Gasteiger partial charge on any atom is -0.462 e. The van der Waals surface area contributed by atoms with E-state index < -0.39 is 6.10 Å². The Hall–Kier alpha value is -1.10. The molecule has 0 aromatic rings. The summed E-state index contributed by atoms with van der Waals surface area (Å²) in [4.78, 5) is 23.8. The molecule has 0 aliphatic heterocycles. The Morgan fingerprint density at radius 2 is 1.06 bits per heavy atom. The highest BCUT2D eigenvalue weighted by Crippen LogP contribution is 2.15. The Morgan fingerprint density at radius 3 is 1.51 bits per heavy atom. The zero-order chi connectivity index (χ0) is 26.0. The normalized spacial score (nSPS) is 12.1. The summed E-state index contributed by atoms with van der Waals surface area (Å²) >= 11 is 0. The lowest BCUT2D eigenvalue weighted by atomic mass is 10.0. The van der Waals surface area contributed by atoms with Gasteiger partial charge in [-0.2, -0.15) is 0 Å². The Balaban J connectivity index is 3.49. The summed E-state index contributed by atoms with van der Waals surface area (Å²) in [5.41, 5.74) is 0. The van der Waals surface area contributed by atoms with E-state index in [1.807, 2.05) is 0 Å². The largest absolute Gasteiger partial charge is 0.462 e. The van der Waals surface area contributed by atoms with Gasteiger partial charge in [0, 0.05) is 12.8 Å². The molecule has 35 heavy (non-hydrogen) atoms. The van der Waals surface area contributed by atoms with Crippen molar-refractivity contribution in [2.24, 2.45) is 5.92 Å². The summed E-state index contributed by atoms with van der Waals surface area (Å²) < 4.78 is 10.4. The quantitative estimate of drug-likeness (QED) is 0.0959. The Kier molecular flexibility index (Phi) is 25.2. The topological polar surface area (TPSA) is 72.8 Å². The van der Waals surface area contributed by atoms with Crippen molar-refractivity contribution in [3.8, 4) is 0 Å². The fourth-order valence-corrected chi connectivity index (χ4v) is 4.27. The van der Waals surface area contributed by atoms with Gasteiger partial charge in [0.2, 0.25) is 0 Å². The molecule has 0 bridgehead atoms. The Bertz CT molecular complexity index is 477. The Labute approximate surface area is 217 Å². The molecule has 1 N–H and O–H groups in total. The second kappa shape index (κ2) is 26.0. The van der Waals surface area contributed by atoms with Crippen LogP contribution in [0.5, 0.6) is 0 Å².